The van der Waals surface area contributed by atoms with Crippen LogP contribution in [0.15, 0.2) is 10.5 Å². The van der Waals surface area contributed by atoms with Crippen molar-refractivity contribution in [2.45, 2.75) is 19.2 Å². The van der Waals surface area contributed by atoms with Crippen molar-refractivity contribution < 1.29 is 27.1 Å². The van der Waals surface area contributed by atoms with E-state index < -0.39 is 40.6 Å². The van der Waals surface area contributed by atoms with Crippen molar-refractivity contribution >= 4 is 15.9 Å². The largest absolute Gasteiger partial charge is 0.417 e. The number of aliphatic hydroxyl groups is 1. The standard InChI is InChI=1S/C8H5BrF5NO/c9-5-4(8(12,13)14)1-3(2-16)15-6(5)7(10)11/h1,7,16H,2H2. The lowest BCUT2D eigenvalue weighted by atomic mass is 10.2. The SMILES string of the molecule is OCc1cc(C(F)(F)F)c(Br)c(C(F)F)n1. The monoisotopic (exact) mass is 305 g/mol. The zero-order valence-electron chi connectivity index (χ0n) is 7.52. The van der Waals surface area contributed by atoms with Gasteiger partial charge < -0.3 is 5.11 Å². The Morgan fingerprint density at radius 2 is 1.94 bits per heavy atom. The van der Waals surface area contributed by atoms with Crippen LogP contribution in [-0.4, -0.2) is 10.1 Å². The van der Waals surface area contributed by atoms with Crippen LogP contribution in [0.2, 0.25) is 0 Å². The van der Waals surface area contributed by atoms with E-state index in [9.17, 15) is 22.0 Å². The van der Waals surface area contributed by atoms with E-state index in [1.807, 2.05) is 0 Å². The minimum Gasteiger partial charge on any atom is -0.390 e. The number of rotatable bonds is 2. The Bertz CT molecular complexity index is 393. The number of nitrogens with zero attached hydrogens (tertiary/aromatic N) is 1. The molecule has 0 amide bonds. The van der Waals surface area contributed by atoms with Crippen molar-refractivity contribution in [3.63, 3.8) is 0 Å². The molecule has 0 bridgehead atoms. The average Bonchev–Trinajstić information content (AvgIpc) is 2.15. The molecule has 1 N–H and O–H groups in total. The zero-order valence-corrected chi connectivity index (χ0v) is 9.11. The molecule has 2 nitrogen and oxygen atoms in total. The maximum Gasteiger partial charge on any atom is 0.417 e. The van der Waals surface area contributed by atoms with Gasteiger partial charge in [-0.05, 0) is 22.0 Å². The highest BCUT2D eigenvalue weighted by Gasteiger charge is 2.36. The number of pyridine rings is 1. The summed E-state index contributed by atoms with van der Waals surface area (Å²) in [5.74, 6) is 0. The van der Waals surface area contributed by atoms with Crippen LogP contribution in [0, 0.1) is 0 Å². The van der Waals surface area contributed by atoms with Crippen molar-refractivity contribution in [1.82, 2.24) is 4.98 Å². The van der Waals surface area contributed by atoms with E-state index in [4.69, 9.17) is 5.11 Å². The third-order valence-corrected chi connectivity index (χ3v) is 2.54. The molecule has 1 heterocycles. The van der Waals surface area contributed by atoms with E-state index in [0.717, 1.165) is 0 Å². The maximum absolute atomic E-state index is 12.4. The summed E-state index contributed by atoms with van der Waals surface area (Å²) in [4.78, 5) is 3.22. The molecular formula is C8H5BrF5NO. The van der Waals surface area contributed by atoms with Gasteiger partial charge in [0.1, 0.15) is 5.69 Å². The van der Waals surface area contributed by atoms with Gasteiger partial charge in [-0.3, -0.25) is 0 Å². The van der Waals surface area contributed by atoms with Crippen LogP contribution in [0.25, 0.3) is 0 Å². The second kappa shape index (κ2) is 4.62. The molecule has 0 saturated heterocycles. The zero-order chi connectivity index (χ0) is 12.5. The molecule has 8 heteroatoms. The van der Waals surface area contributed by atoms with Gasteiger partial charge in [-0.1, -0.05) is 0 Å². The molecule has 1 rings (SSSR count). The molecule has 0 saturated carbocycles. The predicted octanol–water partition coefficient (Wildman–Crippen LogP) is 3.29. The van der Waals surface area contributed by atoms with Crippen molar-refractivity contribution in [2.75, 3.05) is 0 Å². The highest BCUT2D eigenvalue weighted by atomic mass is 79.9. The first kappa shape index (κ1) is 13.3. The summed E-state index contributed by atoms with van der Waals surface area (Å²) < 4.78 is 61.2. The van der Waals surface area contributed by atoms with E-state index in [1.54, 1.807) is 0 Å². The van der Waals surface area contributed by atoms with Crippen LogP contribution >= 0.6 is 15.9 Å². The average molecular weight is 306 g/mol. The van der Waals surface area contributed by atoms with Crippen molar-refractivity contribution in [3.8, 4) is 0 Å². The summed E-state index contributed by atoms with van der Waals surface area (Å²) in [6.07, 6.45) is -7.93. The van der Waals surface area contributed by atoms with Crippen LogP contribution in [-0.2, 0) is 12.8 Å². The first-order valence-electron chi connectivity index (χ1n) is 3.93. The van der Waals surface area contributed by atoms with Crippen LogP contribution < -0.4 is 0 Å². The molecule has 0 radical (unpaired) electrons. The normalized spacial score (nSPS) is 12.2. The Morgan fingerprint density at radius 1 is 1.38 bits per heavy atom. The smallest absolute Gasteiger partial charge is 0.390 e. The summed E-state index contributed by atoms with van der Waals surface area (Å²) in [7, 11) is 0. The summed E-state index contributed by atoms with van der Waals surface area (Å²) in [5, 5.41) is 8.63. The molecule has 1 aromatic rings. The molecule has 0 atom stereocenters. The van der Waals surface area contributed by atoms with Crippen LogP contribution in [0.3, 0.4) is 0 Å². The molecular weight excluding hydrogens is 301 g/mol. The molecule has 0 aliphatic carbocycles. The Morgan fingerprint density at radius 3 is 2.31 bits per heavy atom. The van der Waals surface area contributed by atoms with Crippen molar-refractivity contribution in [1.29, 1.82) is 0 Å². The lowest BCUT2D eigenvalue weighted by molar-refractivity contribution is -0.138. The van der Waals surface area contributed by atoms with Gasteiger partial charge in [0.2, 0.25) is 0 Å². The Labute approximate surface area is 95.2 Å². The number of hydrogen-bond donors (Lipinski definition) is 1. The fraction of sp³-hybridized carbons (Fsp3) is 0.375. The summed E-state index contributed by atoms with van der Waals surface area (Å²) >= 11 is 2.44. The Kier molecular flexibility index (Phi) is 3.84. The fourth-order valence-electron chi connectivity index (χ4n) is 1.04. The van der Waals surface area contributed by atoms with Gasteiger partial charge in [-0.25, -0.2) is 13.8 Å². The number of alkyl halides is 5. The van der Waals surface area contributed by atoms with Crippen LogP contribution in [0.1, 0.15) is 23.4 Å². The molecule has 0 aromatic carbocycles. The van der Waals surface area contributed by atoms with E-state index in [0.29, 0.717) is 6.07 Å². The summed E-state index contributed by atoms with van der Waals surface area (Å²) in [6.45, 7) is -0.837. The maximum atomic E-state index is 12.4. The van der Waals surface area contributed by atoms with Crippen molar-refractivity contribution in [2.24, 2.45) is 0 Å². The number of hydrogen-bond acceptors (Lipinski definition) is 2. The first-order valence-corrected chi connectivity index (χ1v) is 4.72. The third kappa shape index (κ3) is 2.67. The minimum atomic E-state index is -4.78. The second-order valence-corrected chi connectivity index (χ2v) is 3.61. The molecule has 16 heavy (non-hydrogen) atoms. The fourth-order valence-corrected chi connectivity index (χ4v) is 1.64. The van der Waals surface area contributed by atoms with Gasteiger partial charge in [0, 0.05) is 0 Å². The van der Waals surface area contributed by atoms with Crippen LogP contribution in [0.5, 0.6) is 0 Å². The number of halogens is 6. The summed E-state index contributed by atoms with van der Waals surface area (Å²) in [5.41, 5.74) is -2.76. The first-order chi connectivity index (χ1) is 7.27. The topological polar surface area (TPSA) is 33.1 Å². The summed E-state index contributed by atoms with van der Waals surface area (Å²) in [6, 6.07) is 0.524. The molecule has 90 valence electrons. The van der Waals surface area contributed by atoms with Gasteiger partial charge in [-0.2, -0.15) is 13.2 Å². The molecule has 1 aromatic heterocycles. The second-order valence-electron chi connectivity index (χ2n) is 2.82. The highest BCUT2D eigenvalue weighted by Crippen LogP contribution is 2.38. The Hall–Kier alpha value is -0.760. The highest BCUT2D eigenvalue weighted by molar-refractivity contribution is 9.10. The van der Waals surface area contributed by atoms with Gasteiger partial charge in [-0.15, -0.1) is 0 Å². The third-order valence-electron chi connectivity index (χ3n) is 1.71. The molecule has 0 fully saturated rings. The van der Waals surface area contributed by atoms with Gasteiger partial charge >= 0.3 is 6.18 Å². The number of aliphatic hydroxyl groups excluding tert-OH is 1. The molecule has 0 unspecified atom stereocenters. The van der Waals surface area contributed by atoms with Crippen molar-refractivity contribution in [3.05, 3.63) is 27.5 Å². The Balaban J connectivity index is 3.44. The number of aromatic nitrogens is 1. The lowest BCUT2D eigenvalue weighted by Crippen LogP contribution is -2.11. The van der Waals surface area contributed by atoms with E-state index in [-0.39, 0.29) is 0 Å². The van der Waals surface area contributed by atoms with E-state index >= 15 is 0 Å². The molecule has 0 aliphatic rings. The van der Waals surface area contributed by atoms with Gasteiger partial charge in [0.25, 0.3) is 6.43 Å². The molecule has 0 aliphatic heterocycles. The van der Waals surface area contributed by atoms with E-state index in [1.165, 1.54) is 0 Å². The van der Waals surface area contributed by atoms with Crippen LogP contribution in [0.4, 0.5) is 22.0 Å². The molecule has 0 spiro atoms. The minimum absolute atomic E-state index is 0.453. The van der Waals surface area contributed by atoms with Gasteiger partial charge in [0.05, 0.1) is 22.3 Å². The lowest BCUT2D eigenvalue weighted by Gasteiger charge is -2.13. The predicted molar refractivity (Wildman–Crippen MR) is 47.8 cm³/mol. The quantitative estimate of drug-likeness (QED) is 0.851. The van der Waals surface area contributed by atoms with Gasteiger partial charge in [0.15, 0.2) is 0 Å². The van der Waals surface area contributed by atoms with E-state index in [2.05, 4.69) is 20.9 Å².